The zero-order valence-electron chi connectivity index (χ0n) is 26.0. The van der Waals surface area contributed by atoms with E-state index in [0.717, 1.165) is 29.4 Å². The van der Waals surface area contributed by atoms with E-state index >= 15 is 0 Å². The first-order valence-electron chi connectivity index (χ1n) is 15.1. The number of nitrogens with one attached hydrogen (secondary N) is 1. The Morgan fingerprint density at radius 3 is 2.32 bits per heavy atom. The fourth-order valence-electron chi connectivity index (χ4n) is 5.19. The Balaban J connectivity index is 1.58. The Kier molecular flexibility index (Phi) is 11.3. The van der Waals surface area contributed by atoms with Crippen molar-refractivity contribution < 1.29 is 27.5 Å². The summed E-state index contributed by atoms with van der Waals surface area (Å²) >= 11 is 0. The van der Waals surface area contributed by atoms with Gasteiger partial charge in [-0.25, -0.2) is 8.42 Å². The molecule has 0 bridgehead atoms. The number of carbonyl (C=O) groups is 2. The highest BCUT2D eigenvalue weighted by Crippen LogP contribution is 2.35. The van der Waals surface area contributed by atoms with Gasteiger partial charge in [0.05, 0.1) is 11.9 Å². The van der Waals surface area contributed by atoms with E-state index in [4.69, 9.17) is 9.47 Å². The standard InChI is InChI=1S/C34H43N3O6S/c1-5-26(3)35-34(39)30(22-27-12-7-6-8-13-27)36(24-28-14-9-11-25(2)21-28)33(38)15-10-18-37(44(4,40)41)29-16-17-31-32(23-29)43-20-19-42-31/h6-9,11-14,16-17,21,23,26,30H,5,10,15,18-20,22,24H2,1-4H3,(H,35,39)/t26-,30-/m0/s1. The van der Waals surface area contributed by atoms with Crippen LogP contribution in [0.2, 0.25) is 0 Å². The number of hydrogen-bond donors (Lipinski definition) is 1. The van der Waals surface area contributed by atoms with Gasteiger partial charge < -0.3 is 19.7 Å². The molecule has 0 aromatic heterocycles. The van der Waals surface area contributed by atoms with Crippen LogP contribution in [0, 0.1) is 6.92 Å². The van der Waals surface area contributed by atoms with E-state index < -0.39 is 16.1 Å². The van der Waals surface area contributed by atoms with Gasteiger partial charge in [0.2, 0.25) is 21.8 Å². The van der Waals surface area contributed by atoms with Crippen molar-refractivity contribution in [1.29, 1.82) is 0 Å². The number of anilines is 1. The Morgan fingerprint density at radius 1 is 0.932 bits per heavy atom. The van der Waals surface area contributed by atoms with E-state index in [9.17, 15) is 18.0 Å². The van der Waals surface area contributed by atoms with Crippen molar-refractivity contribution in [2.75, 3.05) is 30.3 Å². The topological polar surface area (TPSA) is 105 Å². The minimum absolute atomic E-state index is 0.0500. The molecule has 0 aliphatic carbocycles. The number of amides is 2. The second-order valence-corrected chi connectivity index (χ2v) is 13.2. The number of rotatable bonds is 14. The number of hydrogen-bond acceptors (Lipinski definition) is 6. The van der Waals surface area contributed by atoms with E-state index in [2.05, 4.69) is 5.32 Å². The van der Waals surface area contributed by atoms with Crippen LogP contribution in [0.15, 0.2) is 72.8 Å². The Bertz CT molecular complexity index is 1530. The SMILES string of the molecule is CC[C@H](C)NC(=O)[C@H](Cc1ccccc1)N(Cc1cccc(C)c1)C(=O)CCCN(c1ccc2c(c1)OCCO2)S(C)(=O)=O. The molecule has 1 aliphatic heterocycles. The third kappa shape index (κ3) is 8.98. The van der Waals surface area contributed by atoms with Crippen molar-refractivity contribution in [3.63, 3.8) is 0 Å². The molecule has 236 valence electrons. The average Bonchev–Trinajstić information content (AvgIpc) is 3.00. The molecule has 44 heavy (non-hydrogen) atoms. The molecule has 1 aliphatic rings. The molecule has 3 aromatic carbocycles. The number of fused-ring (bicyclic) bond motifs is 1. The van der Waals surface area contributed by atoms with Crippen LogP contribution in [0.25, 0.3) is 0 Å². The zero-order valence-corrected chi connectivity index (χ0v) is 26.8. The molecular weight excluding hydrogens is 578 g/mol. The maximum absolute atomic E-state index is 14.0. The van der Waals surface area contributed by atoms with Gasteiger partial charge in [-0.05, 0) is 49.9 Å². The first-order valence-corrected chi connectivity index (χ1v) is 17.0. The fraction of sp³-hybridized carbons (Fsp3) is 0.412. The monoisotopic (exact) mass is 621 g/mol. The molecule has 0 radical (unpaired) electrons. The van der Waals surface area contributed by atoms with Crippen LogP contribution in [-0.2, 0) is 32.6 Å². The zero-order chi connectivity index (χ0) is 31.7. The third-order valence-corrected chi connectivity index (χ3v) is 8.87. The average molecular weight is 622 g/mol. The van der Waals surface area contributed by atoms with E-state index in [1.54, 1.807) is 23.1 Å². The number of ether oxygens (including phenoxy) is 2. The molecule has 2 amide bonds. The third-order valence-electron chi connectivity index (χ3n) is 7.67. The van der Waals surface area contributed by atoms with E-state index in [0.29, 0.717) is 36.8 Å². The Hall–Kier alpha value is -4.05. The highest BCUT2D eigenvalue weighted by atomic mass is 32.2. The first-order chi connectivity index (χ1) is 21.0. The van der Waals surface area contributed by atoms with Crippen molar-refractivity contribution in [2.24, 2.45) is 0 Å². The van der Waals surface area contributed by atoms with Gasteiger partial charge >= 0.3 is 0 Å². The molecule has 1 N–H and O–H groups in total. The van der Waals surface area contributed by atoms with E-state index in [-0.39, 0.29) is 43.8 Å². The molecule has 0 spiro atoms. The minimum atomic E-state index is -3.65. The van der Waals surface area contributed by atoms with Crippen molar-refractivity contribution in [3.05, 3.63) is 89.5 Å². The van der Waals surface area contributed by atoms with Gasteiger partial charge in [-0.2, -0.15) is 0 Å². The fourth-order valence-corrected chi connectivity index (χ4v) is 6.15. The van der Waals surface area contributed by atoms with Crippen LogP contribution in [0.4, 0.5) is 5.69 Å². The molecule has 0 fully saturated rings. The Labute approximate surface area is 261 Å². The maximum atomic E-state index is 14.0. The first kappa shape index (κ1) is 32.9. The lowest BCUT2D eigenvalue weighted by Gasteiger charge is -2.33. The summed E-state index contributed by atoms with van der Waals surface area (Å²) in [5.74, 6) is 0.620. The number of nitrogens with zero attached hydrogens (tertiary/aromatic N) is 2. The number of carbonyl (C=O) groups excluding carboxylic acids is 2. The summed E-state index contributed by atoms with van der Waals surface area (Å²) in [5, 5.41) is 3.08. The predicted octanol–water partition coefficient (Wildman–Crippen LogP) is 4.87. The summed E-state index contributed by atoms with van der Waals surface area (Å²) in [7, 11) is -3.65. The molecule has 4 rings (SSSR count). The highest BCUT2D eigenvalue weighted by molar-refractivity contribution is 7.92. The van der Waals surface area contributed by atoms with Crippen molar-refractivity contribution in [1.82, 2.24) is 10.2 Å². The number of benzene rings is 3. The Morgan fingerprint density at radius 2 is 1.64 bits per heavy atom. The van der Waals surface area contributed by atoms with Crippen molar-refractivity contribution in [2.45, 2.75) is 65.1 Å². The second kappa shape index (κ2) is 15.1. The van der Waals surface area contributed by atoms with Crippen LogP contribution < -0.4 is 19.1 Å². The lowest BCUT2D eigenvalue weighted by Crippen LogP contribution is -2.52. The lowest BCUT2D eigenvalue weighted by molar-refractivity contribution is -0.141. The molecule has 1 heterocycles. The minimum Gasteiger partial charge on any atom is -0.486 e. The van der Waals surface area contributed by atoms with Crippen molar-refractivity contribution >= 4 is 27.5 Å². The maximum Gasteiger partial charge on any atom is 0.243 e. The summed E-state index contributed by atoms with van der Waals surface area (Å²) in [6, 6.07) is 21.8. The molecule has 3 aromatic rings. The van der Waals surface area contributed by atoms with Crippen LogP contribution in [0.3, 0.4) is 0 Å². The summed E-state index contributed by atoms with van der Waals surface area (Å²) in [4.78, 5) is 29.4. The molecule has 2 atom stereocenters. The molecule has 0 unspecified atom stereocenters. The van der Waals surface area contributed by atoms with Gasteiger partial charge in [0, 0.05) is 38.0 Å². The van der Waals surface area contributed by atoms with Crippen LogP contribution in [0.5, 0.6) is 11.5 Å². The van der Waals surface area contributed by atoms with Crippen LogP contribution in [0.1, 0.15) is 49.8 Å². The lowest BCUT2D eigenvalue weighted by atomic mass is 10.0. The van der Waals surface area contributed by atoms with E-state index in [1.807, 2.05) is 75.4 Å². The summed E-state index contributed by atoms with van der Waals surface area (Å²) in [6.07, 6.45) is 2.58. The molecule has 9 nitrogen and oxygen atoms in total. The van der Waals surface area contributed by atoms with Gasteiger partial charge in [0.25, 0.3) is 0 Å². The van der Waals surface area contributed by atoms with Crippen molar-refractivity contribution in [3.8, 4) is 11.5 Å². The van der Waals surface area contributed by atoms with Crippen LogP contribution >= 0.6 is 0 Å². The quantitative estimate of drug-likeness (QED) is 0.276. The molecule has 0 saturated carbocycles. The molecular formula is C34H43N3O6S. The second-order valence-electron chi connectivity index (χ2n) is 11.3. The van der Waals surface area contributed by atoms with Gasteiger partial charge in [-0.3, -0.25) is 13.9 Å². The smallest absolute Gasteiger partial charge is 0.243 e. The van der Waals surface area contributed by atoms with Gasteiger partial charge in [0.15, 0.2) is 11.5 Å². The van der Waals surface area contributed by atoms with Gasteiger partial charge in [0.1, 0.15) is 19.3 Å². The number of sulfonamides is 1. The summed E-state index contributed by atoms with van der Waals surface area (Å²) in [6.45, 7) is 7.10. The normalized spacial score (nSPS) is 13.9. The summed E-state index contributed by atoms with van der Waals surface area (Å²) in [5.41, 5.74) is 3.36. The number of aryl methyl sites for hydroxylation is 1. The highest BCUT2D eigenvalue weighted by Gasteiger charge is 2.31. The van der Waals surface area contributed by atoms with Gasteiger partial charge in [-0.15, -0.1) is 0 Å². The van der Waals surface area contributed by atoms with Crippen LogP contribution in [-0.4, -0.2) is 63.2 Å². The molecule has 0 saturated heterocycles. The van der Waals surface area contributed by atoms with Gasteiger partial charge in [-0.1, -0.05) is 67.1 Å². The molecule has 10 heteroatoms. The largest absolute Gasteiger partial charge is 0.486 e. The summed E-state index contributed by atoms with van der Waals surface area (Å²) < 4.78 is 38.2. The predicted molar refractivity (Wildman–Crippen MR) is 172 cm³/mol. The van der Waals surface area contributed by atoms with E-state index in [1.165, 1.54) is 4.31 Å².